The van der Waals surface area contributed by atoms with Gasteiger partial charge in [0.15, 0.2) is 5.69 Å². The van der Waals surface area contributed by atoms with Crippen LogP contribution in [-0.4, -0.2) is 95.6 Å². The zero-order chi connectivity index (χ0) is 34.3. The van der Waals surface area contributed by atoms with Crippen LogP contribution in [0.4, 0.5) is 33.7 Å². The maximum Gasteiger partial charge on any atom is 0.418 e. The van der Waals surface area contributed by atoms with Crippen molar-refractivity contribution in [3.63, 3.8) is 0 Å². The average Bonchev–Trinajstić information content (AvgIpc) is 3.55. The largest absolute Gasteiger partial charge is 0.477 e. The number of likely N-dealkylation sites (N-methyl/N-ethyl adjacent to an activating group) is 1. The van der Waals surface area contributed by atoms with Crippen LogP contribution in [0.1, 0.15) is 42.7 Å². The van der Waals surface area contributed by atoms with Gasteiger partial charge in [-0.3, -0.25) is 14.5 Å². The molecule has 254 valence electrons. The lowest BCUT2D eigenvalue weighted by Gasteiger charge is -2.44. The van der Waals surface area contributed by atoms with Crippen molar-refractivity contribution in [3.8, 4) is 17.1 Å². The number of anilines is 2. The Hall–Kier alpha value is -4.95. The number of likely N-dealkylation sites (tertiary alicyclic amines) is 1. The number of hydrogen-bond acceptors (Lipinski definition) is 7. The van der Waals surface area contributed by atoms with Crippen LogP contribution in [0, 0.1) is 5.82 Å². The quantitative estimate of drug-likeness (QED) is 0.350. The van der Waals surface area contributed by atoms with Crippen LogP contribution in [-0.2, 0) is 11.0 Å². The van der Waals surface area contributed by atoms with Crippen molar-refractivity contribution in [2.75, 3.05) is 49.6 Å². The molecule has 3 saturated heterocycles. The number of hydrogen-bond donors (Lipinski definition) is 1. The van der Waals surface area contributed by atoms with E-state index in [4.69, 9.17) is 9.72 Å². The number of carbonyl (C=O) groups excluding carboxylic acids is 3. The molecule has 1 N–H and O–H groups in total. The van der Waals surface area contributed by atoms with Crippen LogP contribution in [0.2, 0.25) is 0 Å². The lowest BCUT2D eigenvalue weighted by molar-refractivity contribution is -0.137. The number of halogens is 4. The Morgan fingerprint density at radius 2 is 1.79 bits per heavy atom. The van der Waals surface area contributed by atoms with E-state index in [0.717, 1.165) is 17.0 Å². The zero-order valence-electron chi connectivity index (χ0n) is 26.6. The summed E-state index contributed by atoms with van der Waals surface area (Å²) in [5.74, 6) is -1.29. The number of rotatable bonds is 8. The molecule has 48 heavy (non-hydrogen) atoms. The fourth-order valence-corrected chi connectivity index (χ4v) is 6.65. The Kier molecular flexibility index (Phi) is 8.88. The van der Waals surface area contributed by atoms with Gasteiger partial charge in [-0.25, -0.2) is 19.2 Å². The third-order valence-corrected chi connectivity index (χ3v) is 9.00. The van der Waals surface area contributed by atoms with Gasteiger partial charge in [0, 0.05) is 51.9 Å². The number of nitrogens with zero attached hydrogens (tertiary/aromatic N) is 6. The lowest BCUT2D eigenvalue weighted by Crippen LogP contribution is -2.58. The molecule has 11 nitrogen and oxygen atoms in total. The van der Waals surface area contributed by atoms with Gasteiger partial charge in [0.1, 0.15) is 5.82 Å². The second kappa shape index (κ2) is 12.9. The molecule has 6 rings (SSSR count). The van der Waals surface area contributed by atoms with Gasteiger partial charge in [0.2, 0.25) is 11.8 Å². The molecule has 3 fully saturated rings. The standard InChI is InChI=1S/C33H35F4N7O4/c1-4-21-16-43-22(18-44(32(43)47)26-10-8-19(34)13-24(26)33(35,36)37)17-42(21)27-11-9-25(23-7-6-12-38-31(23)48-5-2)40-29(27)30(46)39-20-14-28(45)41(3)15-20/h6-13,20-22H,4-5,14-18H2,1-3H3,(H,39,46)/t20-,21-,22+/m1/s1. The Bertz CT molecular complexity index is 1740. The summed E-state index contributed by atoms with van der Waals surface area (Å²) in [7, 11) is 1.66. The highest BCUT2D eigenvalue weighted by molar-refractivity contribution is 6.00. The second-order valence-electron chi connectivity index (χ2n) is 12.1. The molecule has 0 spiro atoms. The lowest BCUT2D eigenvalue weighted by atomic mass is 10.0. The van der Waals surface area contributed by atoms with Crippen molar-refractivity contribution in [2.45, 2.75) is 51.0 Å². The highest BCUT2D eigenvalue weighted by atomic mass is 19.4. The summed E-state index contributed by atoms with van der Waals surface area (Å²) in [4.78, 5) is 54.9. The number of amides is 4. The molecule has 4 amide bonds. The number of alkyl halides is 3. The van der Waals surface area contributed by atoms with E-state index in [1.54, 1.807) is 47.3 Å². The number of carbonyl (C=O) groups is 3. The minimum Gasteiger partial charge on any atom is -0.477 e. The number of nitrogens with one attached hydrogen (secondary N) is 1. The van der Waals surface area contributed by atoms with Crippen LogP contribution in [0.15, 0.2) is 48.7 Å². The van der Waals surface area contributed by atoms with Crippen molar-refractivity contribution < 1.29 is 36.7 Å². The minimum atomic E-state index is -4.87. The van der Waals surface area contributed by atoms with Crippen molar-refractivity contribution in [1.82, 2.24) is 25.1 Å². The summed E-state index contributed by atoms with van der Waals surface area (Å²) in [6.07, 6.45) is -2.59. The fourth-order valence-electron chi connectivity index (χ4n) is 6.65. The predicted molar refractivity (Wildman–Crippen MR) is 168 cm³/mol. The monoisotopic (exact) mass is 669 g/mol. The second-order valence-corrected chi connectivity index (χ2v) is 12.1. The van der Waals surface area contributed by atoms with Gasteiger partial charge < -0.3 is 24.8 Å². The van der Waals surface area contributed by atoms with Gasteiger partial charge in [-0.2, -0.15) is 13.2 Å². The molecule has 5 heterocycles. The van der Waals surface area contributed by atoms with Crippen molar-refractivity contribution in [1.29, 1.82) is 0 Å². The van der Waals surface area contributed by atoms with Crippen LogP contribution in [0.3, 0.4) is 0 Å². The first-order valence-corrected chi connectivity index (χ1v) is 15.7. The topological polar surface area (TPSA) is 111 Å². The predicted octanol–water partition coefficient (Wildman–Crippen LogP) is 4.57. The summed E-state index contributed by atoms with van der Waals surface area (Å²) in [6.45, 7) is 4.76. The van der Waals surface area contributed by atoms with Crippen molar-refractivity contribution in [3.05, 3.63) is 65.7 Å². The van der Waals surface area contributed by atoms with E-state index in [0.29, 0.717) is 48.5 Å². The van der Waals surface area contributed by atoms with Crippen LogP contribution < -0.4 is 19.9 Å². The number of benzene rings is 1. The SMILES string of the molecule is CCOc1ncccc1-c1ccc(N2C[C@H]3CN(c4ccc(F)cc4C(F)(F)F)C(=O)N3C[C@H]2CC)c(C(=O)N[C@@H]2CC(=O)N(C)C2)n1. The van der Waals surface area contributed by atoms with Crippen LogP contribution in [0.25, 0.3) is 11.3 Å². The number of urea groups is 1. The molecule has 2 aromatic heterocycles. The molecule has 15 heteroatoms. The van der Waals surface area contributed by atoms with E-state index in [2.05, 4.69) is 10.3 Å². The van der Waals surface area contributed by atoms with Gasteiger partial charge in [0.25, 0.3) is 5.91 Å². The Labute approximate surface area is 274 Å². The number of aromatic nitrogens is 2. The first kappa shape index (κ1) is 33.0. The molecule has 3 aromatic rings. The fraction of sp³-hybridized carbons (Fsp3) is 0.424. The maximum atomic E-state index is 14.0. The molecule has 0 aliphatic carbocycles. The molecule has 0 unspecified atom stereocenters. The molecule has 3 aliphatic rings. The van der Waals surface area contributed by atoms with Crippen LogP contribution in [0.5, 0.6) is 5.88 Å². The van der Waals surface area contributed by atoms with Gasteiger partial charge in [0.05, 0.1) is 46.9 Å². The van der Waals surface area contributed by atoms with Gasteiger partial charge in [-0.15, -0.1) is 0 Å². The van der Waals surface area contributed by atoms with Crippen molar-refractivity contribution >= 4 is 29.2 Å². The summed E-state index contributed by atoms with van der Waals surface area (Å²) in [5.41, 5.74) is -0.0603. The number of fused-ring (bicyclic) bond motifs is 1. The van der Waals surface area contributed by atoms with E-state index < -0.39 is 47.3 Å². The first-order chi connectivity index (χ1) is 22.9. The number of piperazine rings is 1. The van der Waals surface area contributed by atoms with E-state index in [-0.39, 0.29) is 43.7 Å². The van der Waals surface area contributed by atoms with E-state index >= 15 is 0 Å². The Balaban J connectivity index is 1.36. The Morgan fingerprint density at radius 1 is 1.02 bits per heavy atom. The van der Waals surface area contributed by atoms with Gasteiger partial charge in [-0.05, 0) is 55.8 Å². The number of ether oxygens (including phenoxy) is 1. The summed E-state index contributed by atoms with van der Waals surface area (Å²) < 4.78 is 61.3. The third-order valence-electron chi connectivity index (χ3n) is 9.00. The zero-order valence-corrected chi connectivity index (χ0v) is 26.6. The maximum absolute atomic E-state index is 14.0. The summed E-state index contributed by atoms with van der Waals surface area (Å²) in [6, 6.07) is 7.43. The molecular weight excluding hydrogens is 634 g/mol. The molecule has 3 aliphatic heterocycles. The summed E-state index contributed by atoms with van der Waals surface area (Å²) >= 11 is 0. The van der Waals surface area contributed by atoms with Gasteiger partial charge in [-0.1, -0.05) is 6.92 Å². The minimum absolute atomic E-state index is 0.0720. The smallest absolute Gasteiger partial charge is 0.418 e. The molecule has 1 aromatic carbocycles. The highest BCUT2D eigenvalue weighted by Crippen LogP contribution is 2.40. The van der Waals surface area contributed by atoms with E-state index in [9.17, 15) is 31.9 Å². The molecular formula is C33H35F4N7O4. The third kappa shape index (κ3) is 6.20. The summed E-state index contributed by atoms with van der Waals surface area (Å²) in [5, 5.41) is 2.95. The Morgan fingerprint density at radius 3 is 2.48 bits per heavy atom. The van der Waals surface area contributed by atoms with E-state index in [1.807, 2.05) is 18.7 Å². The van der Waals surface area contributed by atoms with E-state index in [1.165, 1.54) is 0 Å². The highest BCUT2D eigenvalue weighted by Gasteiger charge is 2.47. The molecule has 0 bridgehead atoms. The molecule has 3 atom stereocenters. The van der Waals surface area contributed by atoms with Crippen molar-refractivity contribution in [2.24, 2.45) is 0 Å². The molecule has 0 saturated carbocycles. The first-order valence-electron chi connectivity index (χ1n) is 15.7. The normalized spacial score (nSPS) is 21.2. The van der Waals surface area contributed by atoms with Gasteiger partial charge >= 0.3 is 12.2 Å². The number of pyridine rings is 2. The molecule has 0 radical (unpaired) electrons. The van der Waals surface area contributed by atoms with Crippen LogP contribution >= 0.6 is 0 Å². The average molecular weight is 670 g/mol.